The van der Waals surface area contributed by atoms with Crippen molar-refractivity contribution in [2.24, 2.45) is 7.05 Å². The van der Waals surface area contributed by atoms with E-state index in [1.54, 1.807) is 19.2 Å². The van der Waals surface area contributed by atoms with Gasteiger partial charge in [-0.25, -0.2) is 4.68 Å². The largest absolute Gasteiger partial charge is 0.494 e. The second-order valence-corrected chi connectivity index (χ2v) is 5.20. The Balaban J connectivity index is 1.76. The first-order chi connectivity index (χ1) is 12.2. The molecule has 1 heterocycles. The second-order valence-electron chi connectivity index (χ2n) is 5.20. The first kappa shape index (κ1) is 16.5. The lowest BCUT2D eigenvalue weighted by Gasteiger charge is -2.12. The molecule has 0 aliphatic heterocycles. The number of aromatic nitrogens is 3. The monoisotopic (exact) mass is 338 g/mol. The molecule has 2 aromatic carbocycles. The Morgan fingerprint density at radius 2 is 1.84 bits per heavy atom. The molecule has 0 saturated carbocycles. The Bertz CT molecular complexity index is 859. The van der Waals surface area contributed by atoms with Gasteiger partial charge in [0.05, 0.1) is 18.5 Å². The van der Waals surface area contributed by atoms with Crippen LogP contribution in [-0.4, -0.2) is 27.5 Å². The summed E-state index contributed by atoms with van der Waals surface area (Å²) >= 11 is 0. The molecule has 128 valence electrons. The minimum atomic E-state index is -0.310. The molecule has 1 amide bonds. The van der Waals surface area contributed by atoms with Gasteiger partial charge in [-0.05, 0) is 43.3 Å². The molecule has 0 atom stereocenters. The molecule has 0 unspecified atom stereocenters. The molecule has 3 aromatic rings. The fourth-order valence-electron chi connectivity index (χ4n) is 2.24. The summed E-state index contributed by atoms with van der Waals surface area (Å²) in [7, 11) is 1.66. The molecule has 0 aliphatic rings. The molecule has 1 aromatic heterocycles. The highest BCUT2D eigenvalue weighted by atomic mass is 16.5. The lowest BCUT2D eigenvalue weighted by Crippen LogP contribution is -2.16. The summed E-state index contributed by atoms with van der Waals surface area (Å²) in [4.78, 5) is 12.3. The number of ether oxygens (including phenoxy) is 2. The van der Waals surface area contributed by atoms with Crippen LogP contribution in [0.15, 0.2) is 54.7 Å². The summed E-state index contributed by atoms with van der Waals surface area (Å²) in [6.07, 6.45) is 1.41. The molecule has 0 radical (unpaired) electrons. The van der Waals surface area contributed by atoms with Crippen molar-refractivity contribution in [2.45, 2.75) is 6.92 Å². The van der Waals surface area contributed by atoms with Gasteiger partial charge in [0, 0.05) is 7.05 Å². The van der Waals surface area contributed by atoms with Crippen molar-refractivity contribution >= 4 is 11.6 Å². The topological polar surface area (TPSA) is 78.3 Å². The van der Waals surface area contributed by atoms with Crippen LogP contribution in [0.2, 0.25) is 0 Å². The van der Waals surface area contributed by atoms with Crippen LogP contribution in [0.25, 0.3) is 0 Å². The van der Waals surface area contributed by atoms with Gasteiger partial charge in [-0.2, -0.15) is 0 Å². The summed E-state index contributed by atoms with van der Waals surface area (Å²) in [6, 6.07) is 14.5. The average molecular weight is 338 g/mol. The maximum absolute atomic E-state index is 12.3. The van der Waals surface area contributed by atoms with E-state index in [2.05, 4.69) is 15.6 Å². The Morgan fingerprint density at radius 3 is 2.52 bits per heavy atom. The van der Waals surface area contributed by atoms with Gasteiger partial charge in [0.2, 0.25) is 0 Å². The van der Waals surface area contributed by atoms with E-state index in [9.17, 15) is 4.79 Å². The van der Waals surface area contributed by atoms with Crippen molar-refractivity contribution in [1.29, 1.82) is 0 Å². The number of nitrogens with zero attached hydrogens (tertiary/aromatic N) is 3. The van der Waals surface area contributed by atoms with E-state index in [1.165, 1.54) is 10.9 Å². The summed E-state index contributed by atoms with van der Waals surface area (Å²) in [5.74, 6) is 1.65. The number of anilines is 1. The fraction of sp³-hybridized carbons (Fsp3) is 0.167. The Morgan fingerprint density at radius 1 is 1.12 bits per heavy atom. The minimum absolute atomic E-state index is 0.310. The zero-order valence-electron chi connectivity index (χ0n) is 14.0. The van der Waals surface area contributed by atoms with Gasteiger partial charge in [0.1, 0.15) is 17.2 Å². The molecule has 7 nitrogen and oxygen atoms in total. The molecule has 0 bridgehead atoms. The number of hydrogen-bond donors (Lipinski definition) is 1. The predicted molar refractivity (Wildman–Crippen MR) is 93.1 cm³/mol. The van der Waals surface area contributed by atoms with Crippen molar-refractivity contribution in [3.63, 3.8) is 0 Å². The van der Waals surface area contributed by atoms with Crippen molar-refractivity contribution in [3.8, 4) is 17.2 Å². The molecule has 25 heavy (non-hydrogen) atoms. The number of hydrogen-bond acceptors (Lipinski definition) is 5. The molecule has 0 saturated heterocycles. The molecule has 0 aliphatic carbocycles. The van der Waals surface area contributed by atoms with E-state index < -0.39 is 0 Å². The zero-order chi connectivity index (χ0) is 17.6. The zero-order valence-corrected chi connectivity index (χ0v) is 14.0. The molecule has 0 fully saturated rings. The molecular formula is C18H18N4O3. The van der Waals surface area contributed by atoms with Crippen molar-refractivity contribution in [3.05, 3.63) is 60.4 Å². The lowest BCUT2D eigenvalue weighted by molar-refractivity contribution is 0.101. The smallest absolute Gasteiger partial charge is 0.275 e. The van der Waals surface area contributed by atoms with Gasteiger partial charge in [-0.1, -0.05) is 17.3 Å². The summed E-state index contributed by atoms with van der Waals surface area (Å²) in [5, 5.41) is 10.3. The average Bonchev–Trinajstić information content (AvgIpc) is 3.05. The van der Waals surface area contributed by atoms with Gasteiger partial charge < -0.3 is 14.8 Å². The highest BCUT2D eigenvalue weighted by Gasteiger charge is 2.14. The number of amides is 1. The molecular weight excluding hydrogens is 320 g/mol. The number of para-hydroxylation sites is 2. The molecule has 3 rings (SSSR count). The van der Waals surface area contributed by atoms with E-state index in [4.69, 9.17) is 9.47 Å². The summed E-state index contributed by atoms with van der Waals surface area (Å²) in [6.45, 7) is 2.54. The number of aryl methyl sites for hydroxylation is 1. The lowest BCUT2D eigenvalue weighted by atomic mass is 10.2. The highest BCUT2D eigenvalue weighted by molar-refractivity contribution is 6.03. The van der Waals surface area contributed by atoms with Crippen LogP contribution in [0.1, 0.15) is 17.4 Å². The number of rotatable bonds is 6. The summed E-state index contributed by atoms with van der Waals surface area (Å²) < 4.78 is 12.7. The van der Waals surface area contributed by atoms with Crippen LogP contribution in [0.4, 0.5) is 5.69 Å². The molecule has 1 N–H and O–H groups in total. The Kier molecular flexibility index (Phi) is 4.94. The Hall–Kier alpha value is -3.35. The van der Waals surface area contributed by atoms with Gasteiger partial charge in [-0.15, -0.1) is 5.10 Å². The molecule has 0 spiro atoms. The van der Waals surface area contributed by atoms with E-state index in [1.807, 2.05) is 43.3 Å². The van der Waals surface area contributed by atoms with E-state index in [0.717, 1.165) is 5.75 Å². The predicted octanol–water partition coefficient (Wildman–Crippen LogP) is 3.26. The third-order valence-electron chi connectivity index (χ3n) is 3.44. The summed E-state index contributed by atoms with van der Waals surface area (Å²) in [5.41, 5.74) is 0.915. The number of benzene rings is 2. The SMILES string of the molecule is CCOc1ccc(Oc2ccccc2NC(=O)c2cnnn2C)cc1. The van der Waals surface area contributed by atoms with E-state index in [0.29, 0.717) is 29.5 Å². The van der Waals surface area contributed by atoms with Crippen LogP contribution in [-0.2, 0) is 7.05 Å². The fourth-order valence-corrected chi connectivity index (χ4v) is 2.24. The maximum atomic E-state index is 12.3. The van der Waals surface area contributed by atoms with Crippen molar-refractivity contribution in [2.75, 3.05) is 11.9 Å². The van der Waals surface area contributed by atoms with E-state index >= 15 is 0 Å². The van der Waals surface area contributed by atoms with Crippen LogP contribution in [0.3, 0.4) is 0 Å². The van der Waals surface area contributed by atoms with Gasteiger partial charge in [-0.3, -0.25) is 4.79 Å². The Labute approximate surface area is 145 Å². The van der Waals surface area contributed by atoms with E-state index in [-0.39, 0.29) is 5.91 Å². The maximum Gasteiger partial charge on any atom is 0.275 e. The van der Waals surface area contributed by atoms with Crippen LogP contribution < -0.4 is 14.8 Å². The van der Waals surface area contributed by atoms with Crippen LogP contribution in [0.5, 0.6) is 17.2 Å². The van der Waals surface area contributed by atoms with Gasteiger partial charge in [0.15, 0.2) is 5.75 Å². The van der Waals surface area contributed by atoms with Crippen LogP contribution in [0, 0.1) is 0 Å². The normalized spacial score (nSPS) is 10.3. The molecule has 7 heteroatoms. The highest BCUT2D eigenvalue weighted by Crippen LogP contribution is 2.30. The standard InChI is InChI=1S/C18H18N4O3/c1-3-24-13-8-10-14(11-9-13)25-17-7-5-4-6-15(17)20-18(23)16-12-19-21-22(16)2/h4-12H,3H2,1-2H3,(H,20,23). The quantitative estimate of drug-likeness (QED) is 0.746. The van der Waals surface area contributed by atoms with Crippen molar-refractivity contribution < 1.29 is 14.3 Å². The number of carbonyl (C=O) groups is 1. The first-order valence-corrected chi connectivity index (χ1v) is 7.83. The number of nitrogens with one attached hydrogen (secondary N) is 1. The second kappa shape index (κ2) is 7.48. The van der Waals surface area contributed by atoms with Gasteiger partial charge >= 0.3 is 0 Å². The first-order valence-electron chi connectivity index (χ1n) is 7.83. The third-order valence-corrected chi connectivity index (χ3v) is 3.44. The number of carbonyl (C=O) groups excluding carboxylic acids is 1. The van der Waals surface area contributed by atoms with Crippen LogP contribution >= 0.6 is 0 Å². The van der Waals surface area contributed by atoms with Gasteiger partial charge in [0.25, 0.3) is 5.91 Å². The van der Waals surface area contributed by atoms with Crippen molar-refractivity contribution in [1.82, 2.24) is 15.0 Å². The third kappa shape index (κ3) is 3.95. The minimum Gasteiger partial charge on any atom is -0.494 e.